The Kier molecular flexibility index (Phi) is 11.3. The minimum absolute atomic E-state index is 0.823. The van der Waals surface area contributed by atoms with Gasteiger partial charge in [0.25, 0.3) is 5.79 Å². The normalized spacial score (nSPS) is 13.4. The molecule has 0 atom stereocenters. The van der Waals surface area contributed by atoms with Crippen LogP contribution in [0.5, 0.6) is 0 Å². The van der Waals surface area contributed by atoms with Gasteiger partial charge in [-0.2, -0.15) is 0 Å². The molecular weight excluding hydrogens is 681 g/mol. The van der Waals surface area contributed by atoms with Crippen LogP contribution in [0, 0.1) is 0 Å². The topological polar surface area (TPSA) is 42.5 Å². The first kappa shape index (κ1) is 36.8. The van der Waals surface area contributed by atoms with Gasteiger partial charge in [-0.25, -0.2) is 15.0 Å². The van der Waals surface area contributed by atoms with Crippen molar-refractivity contribution >= 4 is 11.4 Å². The Morgan fingerprint density at radius 1 is 0.429 bits per heavy atom. The van der Waals surface area contributed by atoms with E-state index in [-0.39, 0.29) is 0 Å². The third kappa shape index (κ3) is 7.57. The van der Waals surface area contributed by atoms with E-state index in [9.17, 15) is 0 Å². The van der Waals surface area contributed by atoms with Gasteiger partial charge in [0.1, 0.15) is 5.82 Å². The summed E-state index contributed by atoms with van der Waals surface area (Å²) < 4.78 is 2.34. The lowest BCUT2D eigenvalue weighted by Crippen LogP contribution is -2.31. The quantitative estimate of drug-likeness (QED) is 0.0969. The Labute approximate surface area is 332 Å². The Morgan fingerprint density at radius 3 is 1.32 bits per heavy atom. The third-order valence-electron chi connectivity index (χ3n) is 10.8. The highest BCUT2D eigenvalue weighted by molar-refractivity contribution is 6.54. The third-order valence-corrected chi connectivity index (χ3v) is 10.8. The fourth-order valence-electron chi connectivity index (χ4n) is 7.85. The van der Waals surface area contributed by atoms with E-state index in [0.29, 0.717) is 0 Å². The highest BCUT2D eigenvalue weighted by Gasteiger charge is 2.45. The highest BCUT2D eigenvalue weighted by atomic mass is 15.4. The van der Waals surface area contributed by atoms with E-state index in [2.05, 4.69) is 188 Å². The smallest absolute Gasteiger partial charge is 0.261 e. The summed E-state index contributed by atoms with van der Waals surface area (Å²) in [4.78, 5) is 17.4. The molecular formula is C52H50N4. The van der Waals surface area contributed by atoms with Crippen LogP contribution in [0.1, 0.15) is 80.2 Å². The van der Waals surface area contributed by atoms with E-state index in [1.54, 1.807) is 0 Å². The summed E-state index contributed by atoms with van der Waals surface area (Å²) in [5.74, 6) is -0.400. The lowest BCUT2D eigenvalue weighted by atomic mass is 10.00. The van der Waals surface area contributed by atoms with Crippen molar-refractivity contribution in [3.63, 3.8) is 0 Å². The fraction of sp³-hybridized carbons (Fsp3) is 0.212. The van der Waals surface area contributed by atoms with Crippen molar-refractivity contribution < 1.29 is 0 Å². The van der Waals surface area contributed by atoms with Crippen LogP contribution in [-0.2, 0) is 18.6 Å². The molecule has 0 N–H and O–H groups in total. The van der Waals surface area contributed by atoms with Crippen molar-refractivity contribution in [2.45, 2.75) is 71.0 Å². The molecule has 7 aromatic rings. The molecule has 0 bridgehead atoms. The Morgan fingerprint density at radius 2 is 0.857 bits per heavy atom. The fourth-order valence-corrected chi connectivity index (χ4v) is 7.85. The molecule has 4 heteroatoms. The van der Waals surface area contributed by atoms with Crippen LogP contribution in [0.2, 0.25) is 0 Å². The summed E-state index contributed by atoms with van der Waals surface area (Å²) in [5.41, 5.74) is 12.4. The van der Waals surface area contributed by atoms with Crippen LogP contribution >= 0.6 is 0 Å². The number of rotatable bonds is 15. The first-order chi connectivity index (χ1) is 27.7. The standard InChI is InChI=1S/C52H50N4/c1-3-5-11-21-39-31-35-45(36-32-39)51-53-49(43-27-17-9-18-28-43)50(44-29-19-10-20-30-44)56(51)52(46-37-33-40(34-38-46)22-12-6-4-2)54-47(41-23-13-7-14-24-41)48(55-52)42-25-15-8-16-26-42/h7-10,13-20,23-38H,3-6,11-12,21-22H2,1-2H3. The first-order valence-corrected chi connectivity index (χ1v) is 20.4. The Balaban J connectivity index is 1.46. The largest absolute Gasteiger partial charge is 0.275 e. The molecule has 4 nitrogen and oxygen atoms in total. The minimum atomic E-state index is -1.22. The van der Waals surface area contributed by atoms with Gasteiger partial charge in [-0.3, -0.25) is 4.57 Å². The summed E-state index contributed by atoms with van der Waals surface area (Å²) in [5, 5.41) is 0. The van der Waals surface area contributed by atoms with Crippen LogP contribution in [-0.4, -0.2) is 21.0 Å². The summed E-state index contributed by atoms with van der Waals surface area (Å²) in [6.07, 6.45) is 9.33. The molecule has 1 aromatic heterocycles. The maximum absolute atomic E-state index is 5.88. The monoisotopic (exact) mass is 730 g/mol. The molecule has 0 saturated heterocycles. The molecule has 6 aromatic carbocycles. The number of hydrogen-bond donors (Lipinski definition) is 0. The van der Waals surface area contributed by atoms with Crippen molar-refractivity contribution in [2.75, 3.05) is 0 Å². The minimum Gasteiger partial charge on any atom is -0.275 e. The van der Waals surface area contributed by atoms with Crippen LogP contribution in [0.15, 0.2) is 180 Å². The second-order valence-corrected chi connectivity index (χ2v) is 14.8. The van der Waals surface area contributed by atoms with Gasteiger partial charge in [-0.15, -0.1) is 0 Å². The van der Waals surface area contributed by atoms with Gasteiger partial charge in [0.15, 0.2) is 0 Å². The van der Waals surface area contributed by atoms with Crippen molar-refractivity contribution in [1.29, 1.82) is 0 Å². The molecule has 1 aliphatic heterocycles. The lowest BCUT2D eigenvalue weighted by molar-refractivity contribution is 0.409. The number of unbranched alkanes of at least 4 members (excludes halogenated alkanes) is 4. The molecule has 0 radical (unpaired) electrons. The molecule has 1 aliphatic rings. The number of hydrogen-bond acceptors (Lipinski definition) is 3. The number of aromatic nitrogens is 2. The SMILES string of the molecule is CCCCCc1ccc(-c2nc(-c3ccccc3)c(-c3ccccc3)n2C2(c3ccc(CCCCC)cc3)N=C(c3ccccc3)C(c3ccccc3)=N2)cc1. The van der Waals surface area contributed by atoms with E-state index in [0.717, 1.165) is 74.9 Å². The molecule has 0 unspecified atom stereocenters. The average Bonchev–Trinajstić information content (AvgIpc) is 3.87. The molecule has 0 spiro atoms. The number of imidazole rings is 1. The van der Waals surface area contributed by atoms with Crippen LogP contribution < -0.4 is 0 Å². The molecule has 0 saturated carbocycles. The predicted octanol–water partition coefficient (Wildman–Crippen LogP) is 13.0. The van der Waals surface area contributed by atoms with Gasteiger partial charge in [0.2, 0.25) is 0 Å². The van der Waals surface area contributed by atoms with Crippen LogP contribution in [0.3, 0.4) is 0 Å². The number of aryl methyl sites for hydroxylation is 2. The van der Waals surface area contributed by atoms with Gasteiger partial charge in [0.05, 0.1) is 22.8 Å². The molecule has 0 fully saturated rings. The summed E-state index contributed by atoms with van der Waals surface area (Å²) in [7, 11) is 0. The molecule has 56 heavy (non-hydrogen) atoms. The maximum Gasteiger partial charge on any atom is 0.261 e. The molecule has 0 amide bonds. The second kappa shape index (κ2) is 17.1. The van der Waals surface area contributed by atoms with E-state index >= 15 is 0 Å². The van der Waals surface area contributed by atoms with Gasteiger partial charge in [-0.1, -0.05) is 209 Å². The lowest BCUT2D eigenvalue weighted by Gasteiger charge is -2.30. The van der Waals surface area contributed by atoms with Crippen LogP contribution in [0.4, 0.5) is 0 Å². The van der Waals surface area contributed by atoms with E-state index in [4.69, 9.17) is 15.0 Å². The zero-order valence-electron chi connectivity index (χ0n) is 32.6. The molecule has 8 rings (SSSR count). The highest BCUT2D eigenvalue weighted by Crippen LogP contribution is 2.46. The van der Waals surface area contributed by atoms with Crippen molar-refractivity contribution in [3.8, 4) is 33.9 Å². The Hall–Kier alpha value is -6.13. The summed E-state index contributed by atoms with van der Waals surface area (Å²) in [6, 6.07) is 60.3. The van der Waals surface area contributed by atoms with Gasteiger partial charge >= 0.3 is 0 Å². The summed E-state index contributed by atoms with van der Waals surface area (Å²) >= 11 is 0. The van der Waals surface area contributed by atoms with Crippen molar-refractivity contribution in [2.24, 2.45) is 9.98 Å². The zero-order chi connectivity index (χ0) is 38.2. The number of benzene rings is 6. The van der Waals surface area contributed by atoms with E-state index in [1.165, 1.54) is 49.7 Å². The van der Waals surface area contributed by atoms with Crippen LogP contribution in [0.25, 0.3) is 33.9 Å². The van der Waals surface area contributed by atoms with Gasteiger partial charge < -0.3 is 0 Å². The average molecular weight is 731 g/mol. The maximum atomic E-state index is 5.88. The number of aliphatic imine (C=N–C) groups is 2. The molecule has 278 valence electrons. The summed E-state index contributed by atoms with van der Waals surface area (Å²) in [6.45, 7) is 4.52. The van der Waals surface area contributed by atoms with E-state index in [1.807, 2.05) is 0 Å². The van der Waals surface area contributed by atoms with Gasteiger partial charge in [0, 0.05) is 33.4 Å². The Bertz CT molecular complexity index is 2340. The molecule has 2 heterocycles. The molecule has 0 aliphatic carbocycles. The number of nitrogens with zero attached hydrogens (tertiary/aromatic N) is 4. The van der Waals surface area contributed by atoms with E-state index < -0.39 is 5.79 Å². The second-order valence-electron chi connectivity index (χ2n) is 14.8. The van der Waals surface area contributed by atoms with Gasteiger partial charge in [-0.05, 0) is 36.8 Å². The zero-order valence-corrected chi connectivity index (χ0v) is 32.6. The van der Waals surface area contributed by atoms with Crippen molar-refractivity contribution in [1.82, 2.24) is 9.55 Å². The van der Waals surface area contributed by atoms with Crippen molar-refractivity contribution in [3.05, 3.63) is 198 Å². The predicted molar refractivity (Wildman–Crippen MR) is 234 cm³/mol. The first-order valence-electron chi connectivity index (χ1n) is 20.4.